The molecular formula is C18H22N2O2. The van der Waals surface area contributed by atoms with Crippen molar-refractivity contribution < 1.29 is 9.90 Å². The predicted octanol–water partition coefficient (Wildman–Crippen LogP) is 2.48. The van der Waals surface area contributed by atoms with E-state index in [-0.39, 0.29) is 12.0 Å². The molecule has 0 bridgehead atoms. The second kappa shape index (κ2) is 6.46. The van der Waals surface area contributed by atoms with Crippen LogP contribution in [-0.2, 0) is 4.79 Å². The van der Waals surface area contributed by atoms with Crippen LogP contribution in [-0.4, -0.2) is 41.7 Å². The average Bonchev–Trinajstić information content (AvgIpc) is 2.51. The second-order valence-electron chi connectivity index (χ2n) is 6.14. The number of likely N-dealkylation sites (tertiary alicyclic amines) is 1. The van der Waals surface area contributed by atoms with Crippen molar-refractivity contribution in [3.05, 3.63) is 42.5 Å². The van der Waals surface area contributed by atoms with Crippen LogP contribution in [0.15, 0.2) is 42.5 Å². The lowest BCUT2D eigenvalue weighted by molar-refractivity contribution is -0.118. The summed E-state index contributed by atoms with van der Waals surface area (Å²) in [6, 6.07) is 13.9. The number of β-amino-alcohol motifs (C(OH)–C–C–N with tert-alkyl or cyclic N) is 1. The van der Waals surface area contributed by atoms with Gasteiger partial charge in [0.2, 0.25) is 5.91 Å². The highest BCUT2D eigenvalue weighted by molar-refractivity contribution is 6.02. The molecule has 3 rings (SSSR count). The van der Waals surface area contributed by atoms with E-state index < -0.39 is 0 Å². The van der Waals surface area contributed by atoms with Crippen LogP contribution in [0.4, 0.5) is 5.69 Å². The normalized spacial score (nSPS) is 22.6. The number of fused-ring (bicyclic) bond motifs is 1. The number of aliphatic hydroxyl groups excluding tert-OH is 1. The maximum Gasteiger partial charge on any atom is 0.238 e. The summed E-state index contributed by atoms with van der Waals surface area (Å²) in [4.78, 5) is 14.3. The molecule has 1 amide bonds. The molecule has 4 nitrogen and oxygen atoms in total. The van der Waals surface area contributed by atoms with E-state index in [0.29, 0.717) is 19.0 Å². The summed E-state index contributed by atoms with van der Waals surface area (Å²) in [7, 11) is 0. The average molecular weight is 298 g/mol. The van der Waals surface area contributed by atoms with Crippen LogP contribution in [0.25, 0.3) is 10.8 Å². The van der Waals surface area contributed by atoms with E-state index in [1.807, 2.05) is 47.4 Å². The van der Waals surface area contributed by atoms with Crippen molar-refractivity contribution in [1.82, 2.24) is 4.90 Å². The monoisotopic (exact) mass is 298 g/mol. The van der Waals surface area contributed by atoms with E-state index in [1.165, 1.54) is 0 Å². The molecule has 1 fully saturated rings. The second-order valence-corrected chi connectivity index (χ2v) is 6.14. The quantitative estimate of drug-likeness (QED) is 0.915. The first-order valence-electron chi connectivity index (χ1n) is 7.81. The van der Waals surface area contributed by atoms with Gasteiger partial charge in [0.05, 0.1) is 12.6 Å². The van der Waals surface area contributed by atoms with E-state index in [4.69, 9.17) is 0 Å². The van der Waals surface area contributed by atoms with Gasteiger partial charge in [0.15, 0.2) is 0 Å². The number of anilines is 1. The van der Waals surface area contributed by atoms with Gasteiger partial charge in [0, 0.05) is 17.6 Å². The number of nitrogens with zero attached hydrogens (tertiary/aromatic N) is 1. The highest BCUT2D eigenvalue weighted by Crippen LogP contribution is 2.23. The third kappa shape index (κ3) is 3.29. The SMILES string of the molecule is CC1CCN(CC(=O)Nc2cccc3ccccc23)CC1O. The van der Waals surface area contributed by atoms with Crippen LogP contribution in [0.2, 0.25) is 0 Å². The Morgan fingerprint density at radius 3 is 2.86 bits per heavy atom. The number of rotatable bonds is 3. The lowest BCUT2D eigenvalue weighted by Crippen LogP contribution is -2.45. The van der Waals surface area contributed by atoms with Crippen molar-refractivity contribution >= 4 is 22.4 Å². The molecule has 1 aliphatic rings. The van der Waals surface area contributed by atoms with Crippen molar-refractivity contribution in [3.8, 4) is 0 Å². The Balaban J connectivity index is 1.66. The number of piperidine rings is 1. The van der Waals surface area contributed by atoms with Crippen LogP contribution in [0.5, 0.6) is 0 Å². The summed E-state index contributed by atoms with van der Waals surface area (Å²) in [5.74, 6) is 0.287. The number of carbonyl (C=O) groups excluding carboxylic acids is 1. The third-order valence-electron chi connectivity index (χ3n) is 4.43. The first kappa shape index (κ1) is 15.0. The van der Waals surface area contributed by atoms with Gasteiger partial charge in [-0.25, -0.2) is 0 Å². The molecule has 116 valence electrons. The molecule has 4 heteroatoms. The minimum Gasteiger partial charge on any atom is -0.392 e. The van der Waals surface area contributed by atoms with Crippen LogP contribution in [0, 0.1) is 5.92 Å². The number of amides is 1. The molecule has 0 aliphatic carbocycles. The summed E-state index contributed by atoms with van der Waals surface area (Å²) in [6.07, 6.45) is 0.599. The molecule has 0 spiro atoms. The fourth-order valence-corrected chi connectivity index (χ4v) is 2.99. The molecule has 0 radical (unpaired) electrons. The standard InChI is InChI=1S/C18H22N2O2/c1-13-9-10-20(11-17(13)21)12-18(22)19-16-8-4-6-14-5-2-3-7-15(14)16/h2-8,13,17,21H,9-12H2,1H3,(H,19,22). The van der Waals surface area contributed by atoms with Gasteiger partial charge in [-0.2, -0.15) is 0 Å². The minimum absolute atomic E-state index is 0.0295. The zero-order valence-corrected chi connectivity index (χ0v) is 12.8. The van der Waals surface area contributed by atoms with E-state index in [0.717, 1.165) is 29.4 Å². The highest BCUT2D eigenvalue weighted by Gasteiger charge is 2.25. The fraction of sp³-hybridized carbons (Fsp3) is 0.389. The Bertz CT molecular complexity index is 666. The predicted molar refractivity (Wildman–Crippen MR) is 88.8 cm³/mol. The molecule has 2 N–H and O–H groups in total. The summed E-state index contributed by atoms with van der Waals surface area (Å²) in [5, 5.41) is 15.1. The van der Waals surface area contributed by atoms with Crippen LogP contribution < -0.4 is 5.32 Å². The van der Waals surface area contributed by atoms with Crippen molar-refractivity contribution in [2.24, 2.45) is 5.92 Å². The zero-order chi connectivity index (χ0) is 15.5. The van der Waals surface area contributed by atoms with Crippen molar-refractivity contribution in [2.45, 2.75) is 19.4 Å². The van der Waals surface area contributed by atoms with Gasteiger partial charge in [0.1, 0.15) is 0 Å². The molecule has 2 atom stereocenters. The van der Waals surface area contributed by atoms with E-state index in [1.54, 1.807) is 0 Å². The number of nitrogens with one attached hydrogen (secondary N) is 1. The Labute approximate surface area is 130 Å². The molecule has 22 heavy (non-hydrogen) atoms. The lowest BCUT2D eigenvalue weighted by atomic mass is 9.96. The zero-order valence-electron chi connectivity index (χ0n) is 12.8. The van der Waals surface area contributed by atoms with Gasteiger partial charge in [0.25, 0.3) is 0 Å². The molecule has 2 aromatic carbocycles. The molecule has 1 heterocycles. The summed E-state index contributed by atoms with van der Waals surface area (Å²) >= 11 is 0. The van der Waals surface area contributed by atoms with Gasteiger partial charge in [-0.05, 0) is 30.3 Å². The van der Waals surface area contributed by atoms with E-state index in [9.17, 15) is 9.90 Å². The van der Waals surface area contributed by atoms with E-state index >= 15 is 0 Å². The number of hydrogen-bond acceptors (Lipinski definition) is 3. The van der Waals surface area contributed by atoms with Crippen LogP contribution in [0.1, 0.15) is 13.3 Å². The van der Waals surface area contributed by atoms with Crippen molar-refractivity contribution in [2.75, 3.05) is 25.0 Å². The summed E-state index contributed by atoms with van der Waals surface area (Å²) < 4.78 is 0. The fourth-order valence-electron chi connectivity index (χ4n) is 2.99. The lowest BCUT2D eigenvalue weighted by Gasteiger charge is -2.33. The summed E-state index contributed by atoms with van der Waals surface area (Å²) in [5.41, 5.74) is 0.842. The third-order valence-corrected chi connectivity index (χ3v) is 4.43. The maximum absolute atomic E-state index is 12.3. The van der Waals surface area contributed by atoms with Crippen molar-refractivity contribution in [1.29, 1.82) is 0 Å². The van der Waals surface area contributed by atoms with Gasteiger partial charge >= 0.3 is 0 Å². The number of hydrogen-bond donors (Lipinski definition) is 2. The maximum atomic E-state index is 12.3. The first-order valence-corrected chi connectivity index (χ1v) is 7.81. The van der Waals surface area contributed by atoms with Gasteiger partial charge in [-0.3, -0.25) is 9.69 Å². The molecule has 2 aromatic rings. The topological polar surface area (TPSA) is 52.6 Å². The largest absolute Gasteiger partial charge is 0.392 e. The summed E-state index contributed by atoms with van der Waals surface area (Å²) in [6.45, 7) is 3.82. The first-order chi connectivity index (χ1) is 10.6. The van der Waals surface area contributed by atoms with Crippen molar-refractivity contribution in [3.63, 3.8) is 0 Å². The molecule has 1 aliphatic heterocycles. The smallest absolute Gasteiger partial charge is 0.238 e. The molecule has 1 saturated heterocycles. The Morgan fingerprint density at radius 1 is 1.27 bits per heavy atom. The molecule has 2 unspecified atom stereocenters. The number of aliphatic hydroxyl groups is 1. The Kier molecular flexibility index (Phi) is 4.41. The van der Waals surface area contributed by atoms with Gasteiger partial charge in [-0.1, -0.05) is 43.3 Å². The number of carbonyl (C=O) groups is 1. The highest BCUT2D eigenvalue weighted by atomic mass is 16.3. The Hall–Kier alpha value is -1.91. The molecular weight excluding hydrogens is 276 g/mol. The minimum atomic E-state index is -0.334. The van der Waals surface area contributed by atoms with Crippen LogP contribution in [0.3, 0.4) is 0 Å². The van der Waals surface area contributed by atoms with E-state index in [2.05, 4.69) is 12.2 Å². The van der Waals surface area contributed by atoms with Crippen LogP contribution >= 0.6 is 0 Å². The van der Waals surface area contributed by atoms with Gasteiger partial charge in [-0.15, -0.1) is 0 Å². The Morgan fingerprint density at radius 2 is 2.05 bits per heavy atom. The molecule has 0 aromatic heterocycles. The molecule has 0 saturated carbocycles. The van der Waals surface area contributed by atoms with Gasteiger partial charge < -0.3 is 10.4 Å². The number of benzene rings is 2.